The number of rotatable bonds is 8. The molecule has 0 aliphatic heterocycles. The van der Waals surface area contributed by atoms with Crippen LogP contribution in [0.1, 0.15) is 51.9 Å². The molecule has 3 heteroatoms. The van der Waals surface area contributed by atoms with E-state index in [1.807, 2.05) is 0 Å². The first-order valence-corrected chi connectivity index (χ1v) is 6.65. The molecule has 0 heterocycles. The second-order valence-corrected chi connectivity index (χ2v) is 5.77. The van der Waals surface area contributed by atoms with Gasteiger partial charge in [0.25, 0.3) is 0 Å². The zero-order valence-electron chi connectivity index (χ0n) is 10.3. The molecule has 2 aliphatic carbocycles. The molecule has 3 nitrogen and oxygen atoms in total. The molecule has 0 aromatic carbocycles. The topological polar surface area (TPSA) is 55.1 Å². The standard InChI is InChI=1S/C13H24N2O/c1-13(7-8-13)15-9-3-2-4-11(14)12(16)10-5-6-10/h10-11,15H,2-9,14H2,1H3. The van der Waals surface area contributed by atoms with E-state index in [2.05, 4.69) is 12.2 Å². The van der Waals surface area contributed by atoms with Crippen molar-refractivity contribution in [2.75, 3.05) is 6.54 Å². The van der Waals surface area contributed by atoms with Gasteiger partial charge in [-0.1, -0.05) is 6.42 Å². The highest BCUT2D eigenvalue weighted by Crippen LogP contribution is 2.34. The molecular weight excluding hydrogens is 200 g/mol. The van der Waals surface area contributed by atoms with Gasteiger partial charge in [0.2, 0.25) is 0 Å². The summed E-state index contributed by atoms with van der Waals surface area (Å²) in [6.07, 6.45) is 7.86. The number of Topliss-reactive ketones (excluding diaryl/α,β-unsaturated/α-hetero) is 1. The van der Waals surface area contributed by atoms with E-state index in [1.165, 1.54) is 12.8 Å². The molecule has 16 heavy (non-hydrogen) atoms. The predicted octanol–water partition coefficient (Wildman–Crippen LogP) is 1.61. The molecule has 0 radical (unpaired) electrons. The maximum atomic E-state index is 11.6. The minimum Gasteiger partial charge on any atom is -0.321 e. The molecule has 0 amide bonds. The molecule has 0 saturated heterocycles. The van der Waals surface area contributed by atoms with Gasteiger partial charge in [-0.15, -0.1) is 0 Å². The van der Waals surface area contributed by atoms with Gasteiger partial charge in [-0.05, 0) is 52.0 Å². The number of nitrogens with two attached hydrogens (primary N) is 1. The van der Waals surface area contributed by atoms with Crippen molar-refractivity contribution >= 4 is 5.78 Å². The smallest absolute Gasteiger partial charge is 0.152 e. The Bertz CT molecular complexity index is 257. The van der Waals surface area contributed by atoms with Crippen molar-refractivity contribution in [1.29, 1.82) is 0 Å². The van der Waals surface area contributed by atoms with E-state index in [0.717, 1.165) is 38.6 Å². The summed E-state index contributed by atoms with van der Waals surface area (Å²) in [6.45, 7) is 3.34. The van der Waals surface area contributed by atoms with Crippen LogP contribution in [0, 0.1) is 5.92 Å². The van der Waals surface area contributed by atoms with Crippen LogP contribution < -0.4 is 11.1 Å². The van der Waals surface area contributed by atoms with E-state index < -0.39 is 0 Å². The largest absolute Gasteiger partial charge is 0.321 e. The summed E-state index contributed by atoms with van der Waals surface area (Å²) in [7, 11) is 0. The maximum absolute atomic E-state index is 11.6. The number of hydrogen-bond acceptors (Lipinski definition) is 3. The van der Waals surface area contributed by atoms with Crippen molar-refractivity contribution in [1.82, 2.24) is 5.32 Å². The van der Waals surface area contributed by atoms with Crippen LogP contribution in [0.15, 0.2) is 0 Å². The van der Waals surface area contributed by atoms with Gasteiger partial charge in [-0.2, -0.15) is 0 Å². The Balaban J connectivity index is 1.48. The summed E-state index contributed by atoms with van der Waals surface area (Å²) in [5, 5.41) is 3.55. The summed E-state index contributed by atoms with van der Waals surface area (Å²) >= 11 is 0. The number of carbonyl (C=O) groups is 1. The Morgan fingerprint density at radius 2 is 2.12 bits per heavy atom. The number of ketones is 1. The highest BCUT2D eigenvalue weighted by molar-refractivity contribution is 5.87. The molecule has 1 unspecified atom stereocenters. The third-order valence-corrected chi connectivity index (χ3v) is 3.84. The van der Waals surface area contributed by atoms with Gasteiger partial charge >= 0.3 is 0 Å². The van der Waals surface area contributed by atoms with Crippen LogP contribution in [-0.2, 0) is 4.79 Å². The van der Waals surface area contributed by atoms with Gasteiger partial charge in [0.05, 0.1) is 6.04 Å². The number of nitrogens with one attached hydrogen (secondary N) is 1. The Hall–Kier alpha value is -0.410. The number of hydrogen-bond donors (Lipinski definition) is 2. The second-order valence-electron chi connectivity index (χ2n) is 5.77. The van der Waals surface area contributed by atoms with Gasteiger partial charge < -0.3 is 11.1 Å². The van der Waals surface area contributed by atoms with Crippen molar-refractivity contribution in [3.63, 3.8) is 0 Å². The van der Waals surface area contributed by atoms with E-state index in [0.29, 0.717) is 17.2 Å². The van der Waals surface area contributed by atoms with Gasteiger partial charge in [-0.3, -0.25) is 4.79 Å². The van der Waals surface area contributed by atoms with E-state index in [1.54, 1.807) is 0 Å². The molecule has 3 N–H and O–H groups in total. The minimum atomic E-state index is -0.191. The van der Waals surface area contributed by atoms with Crippen LogP contribution in [0.25, 0.3) is 0 Å². The molecule has 0 aromatic heterocycles. The molecule has 0 bridgehead atoms. The van der Waals surface area contributed by atoms with Gasteiger partial charge in [0.15, 0.2) is 5.78 Å². The van der Waals surface area contributed by atoms with Gasteiger partial charge in [0.1, 0.15) is 0 Å². The van der Waals surface area contributed by atoms with Crippen molar-refractivity contribution in [3.8, 4) is 0 Å². The molecule has 0 spiro atoms. The fraction of sp³-hybridized carbons (Fsp3) is 0.923. The Morgan fingerprint density at radius 3 is 2.69 bits per heavy atom. The molecule has 92 valence electrons. The fourth-order valence-corrected chi connectivity index (χ4v) is 2.06. The Morgan fingerprint density at radius 1 is 1.44 bits per heavy atom. The third-order valence-electron chi connectivity index (χ3n) is 3.84. The minimum absolute atomic E-state index is 0.191. The summed E-state index contributed by atoms with van der Waals surface area (Å²) in [5.74, 6) is 0.626. The molecular formula is C13H24N2O. The zero-order valence-corrected chi connectivity index (χ0v) is 10.3. The Kier molecular flexibility index (Phi) is 3.65. The summed E-state index contributed by atoms with van der Waals surface area (Å²) in [6, 6.07) is -0.191. The lowest BCUT2D eigenvalue weighted by atomic mass is 10.0. The Labute approximate surface area is 98.2 Å². The van der Waals surface area contributed by atoms with E-state index in [-0.39, 0.29) is 6.04 Å². The first kappa shape index (κ1) is 12.1. The second kappa shape index (κ2) is 4.84. The lowest BCUT2D eigenvalue weighted by Gasteiger charge is -2.12. The summed E-state index contributed by atoms with van der Waals surface area (Å²) in [4.78, 5) is 11.6. The fourth-order valence-electron chi connectivity index (χ4n) is 2.06. The third kappa shape index (κ3) is 3.56. The average Bonchev–Trinajstić information content (AvgIpc) is 3.12. The van der Waals surface area contributed by atoms with Crippen LogP contribution in [0.3, 0.4) is 0 Å². The van der Waals surface area contributed by atoms with Crippen molar-refractivity contribution in [2.45, 2.75) is 63.5 Å². The first-order valence-electron chi connectivity index (χ1n) is 6.65. The van der Waals surface area contributed by atoms with Crippen molar-refractivity contribution in [2.24, 2.45) is 11.7 Å². The average molecular weight is 224 g/mol. The lowest BCUT2D eigenvalue weighted by Crippen LogP contribution is -2.32. The number of unbranched alkanes of at least 4 members (excludes halogenated alkanes) is 1. The summed E-state index contributed by atoms with van der Waals surface area (Å²) < 4.78 is 0. The molecule has 0 aromatic rings. The first-order chi connectivity index (χ1) is 7.61. The van der Waals surface area contributed by atoms with Crippen LogP contribution in [-0.4, -0.2) is 23.9 Å². The molecule has 2 rings (SSSR count). The highest BCUT2D eigenvalue weighted by Gasteiger charge is 2.36. The molecule has 2 fully saturated rings. The SMILES string of the molecule is CC1(NCCCCC(N)C(=O)C2CC2)CC1. The lowest BCUT2D eigenvalue weighted by molar-refractivity contribution is -0.121. The van der Waals surface area contributed by atoms with E-state index in [4.69, 9.17) is 5.73 Å². The van der Waals surface area contributed by atoms with Gasteiger partial charge in [-0.25, -0.2) is 0 Å². The van der Waals surface area contributed by atoms with E-state index >= 15 is 0 Å². The van der Waals surface area contributed by atoms with Crippen molar-refractivity contribution in [3.05, 3.63) is 0 Å². The van der Waals surface area contributed by atoms with E-state index in [9.17, 15) is 4.79 Å². The number of carbonyl (C=O) groups excluding carboxylic acids is 1. The van der Waals surface area contributed by atoms with Crippen LogP contribution >= 0.6 is 0 Å². The normalized spacial score (nSPS) is 24.1. The molecule has 1 atom stereocenters. The highest BCUT2D eigenvalue weighted by atomic mass is 16.1. The predicted molar refractivity (Wildman–Crippen MR) is 65.2 cm³/mol. The molecule has 2 saturated carbocycles. The monoisotopic (exact) mass is 224 g/mol. The van der Waals surface area contributed by atoms with Crippen LogP contribution in [0.4, 0.5) is 0 Å². The maximum Gasteiger partial charge on any atom is 0.152 e. The molecule has 2 aliphatic rings. The van der Waals surface area contributed by atoms with Crippen molar-refractivity contribution < 1.29 is 4.79 Å². The quantitative estimate of drug-likeness (QED) is 0.616. The van der Waals surface area contributed by atoms with Crippen LogP contribution in [0.2, 0.25) is 0 Å². The van der Waals surface area contributed by atoms with Gasteiger partial charge in [0, 0.05) is 11.5 Å². The summed E-state index contributed by atoms with van der Waals surface area (Å²) in [5.41, 5.74) is 6.31. The zero-order chi connectivity index (χ0) is 11.6. The van der Waals surface area contributed by atoms with Crippen LogP contribution in [0.5, 0.6) is 0 Å².